The molecule has 4 heteroatoms. The van der Waals surface area contributed by atoms with Crippen LogP contribution in [0.4, 0.5) is 0 Å². The minimum absolute atomic E-state index is 0.0242. The number of hydrogen-bond acceptors (Lipinski definition) is 2. The Morgan fingerprint density at radius 1 is 1.19 bits per heavy atom. The van der Waals surface area contributed by atoms with Crippen molar-refractivity contribution in [1.29, 1.82) is 0 Å². The minimum Gasteiger partial charge on any atom is -0.343 e. The van der Waals surface area contributed by atoms with Crippen LogP contribution >= 0.6 is 0 Å². The summed E-state index contributed by atoms with van der Waals surface area (Å²) in [4.78, 5) is 25.9. The van der Waals surface area contributed by atoms with Crippen LogP contribution in [0.5, 0.6) is 0 Å². The topological polar surface area (TPSA) is 49.4 Å². The molecule has 0 saturated carbocycles. The number of hydrogen-bond donors (Lipinski definition) is 1. The molecule has 0 aromatic carbocycles. The maximum atomic E-state index is 12.2. The van der Waals surface area contributed by atoms with E-state index in [1.807, 2.05) is 34.6 Å². The van der Waals surface area contributed by atoms with Gasteiger partial charge in [0.15, 0.2) is 0 Å². The minimum atomic E-state index is -0.352. The normalized spacial score (nSPS) is 26.9. The Morgan fingerprint density at radius 3 is 2.12 bits per heavy atom. The van der Waals surface area contributed by atoms with Crippen LogP contribution in [0.1, 0.15) is 47.5 Å². The van der Waals surface area contributed by atoms with Crippen molar-refractivity contribution >= 4 is 11.8 Å². The Hall–Kier alpha value is -1.06. The third-order valence-corrected chi connectivity index (χ3v) is 2.98. The van der Waals surface area contributed by atoms with Gasteiger partial charge in [-0.05, 0) is 33.6 Å². The van der Waals surface area contributed by atoms with E-state index < -0.39 is 0 Å². The molecule has 0 spiro atoms. The smallest absolute Gasteiger partial charge is 0.246 e. The van der Waals surface area contributed by atoms with Crippen LogP contribution in [-0.2, 0) is 9.59 Å². The van der Waals surface area contributed by atoms with Crippen molar-refractivity contribution in [3.63, 3.8) is 0 Å². The number of carbonyl (C=O) groups excluding carboxylic acids is 2. The Balaban J connectivity index is 3.05. The van der Waals surface area contributed by atoms with Crippen molar-refractivity contribution in [3.05, 3.63) is 0 Å². The van der Waals surface area contributed by atoms with Crippen LogP contribution in [-0.4, -0.2) is 34.3 Å². The van der Waals surface area contributed by atoms with E-state index in [-0.39, 0.29) is 29.4 Å². The zero-order chi connectivity index (χ0) is 12.5. The van der Waals surface area contributed by atoms with Gasteiger partial charge in [-0.15, -0.1) is 0 Å². The van der Waals surface area contributed by atoms with Gasteiger partial charge in [0.05, 0.1) is 0 Å². The Morgan fingerprint density at radius 2 is 1.75 bits per heavy atom. The van der Waals surface area contributed by atoms with Gasteiger partial charge in [0.1, 0.15) is 12.1 Å². The van der Waals surface area contributed by atoms with Gasteiger partial charge in [-0.2, -0.15) is 0 Å². The number of piperazine rings is 1. The van der Waals surface area contributed by atoms with Crippen LogP contribution in [0.15, 0.2) is 0 Å². The van der Waals surface area contributed by atoms with Crippen LogP contribution in [0.3, 0.4) is 0 Å². The molecule has 1 aliphatic heterocycles. The van der Waals surface area contributed by atoms with E-state index >= 15 is 0 Å². The highest BCUT2D eigenvalue weighted by Crippen LogP contribution is 2.24. The molecule has 2 atom stereocenters. The second-order valence-corrected chi connectivity index (χ2v) is 5.27. The largest absolute Gasteiger partial charge is 0.343 e. The first-order chi connectivity index (χ1) is 7.32. The highest BCUT2D eigenvalue weighted by molar-refractivity contribution is 5.97. The molecule has 1 aliphatic rings. The van der Waals surface area contributed by atoms with Crippen molar-refractivity contribution in [3.8, 4) is 0 Å². The molecular weight excluding hydrogens is 204 g/mol. The average Bonchev–Trinajstić information content (AvgIpc) is 2.18. The van der Waals surface area contributed by atoms with Gasteiger partial charge in [0.2, 0.25) is 11.8 Å². The molecule has 1 fully saturated rings. The fourth-order valence-electron chi connectivity index (χ4n) is 2.21. The first-order valence-corrected chi connectivity index (χ1v) is 5.96. The maximum absolute atomic E-state index is 12.2. The number of carbonyl (C=O) groups is 2. The summed E-state index contributed by atoms with van der Waals surface area (Å²) in [5.41, 5.74) is -0.303. The lowest BCUT2D eigenvalue weighted by Crippen LogP contribution is -2.67. The molecule has 1 heterocycles. The molecule has 4 nitrogen and oxygen atoms in total. The summed E-state index contributed by atoms with van der Waals surface area (Å²) >= 11 is 0. The van der Waals surface area contributed by atoms with E-state index in [0.717, 1.165) is 0 Å². The zero-order valence-corrected chi connectivity index (χ0v) is 10.8. The van der Waals surface area contributed by atoms with Gasteiger partial charge in [-0.3, -0.25) is 9.59 Å². The van der Waals surface area contributed by atoms with E-state index in [2.05, 4.69) is 5.32 Å². The van der Waals surface area contributed by atoms with Crippen molar-refractivity contribution in [2.75, 3.05) is 0 Å². The van der Waals surface area contributed by atoms with Gasteiger partial charge in [0.25, 0.3) is 0 Å². The number of nitrogens with zero attached hydrogens (tertiary/aromatic N) is 1. The Bertz CT molecular complexity index is 294. The summed E-state index contributed by atoms with van der Waals surface area (Å²) in [6, 6.07) is -0.676. The second kappa shape index (κ2) is 4.44. The van der Waals surface area contributed by atoms with E-state index in [0.29, 0.717) is 12.8 Å². The standard InChI is InChI=1S/C12H22N2O2/c1-6-8-11(16)14(12(3,4)5)9(7-2)10(15)13-8/h8-9H,6-7H2,1-5H3,(H,13,15). The van der Waals surface area contributed by atoms with E-state index in [4.69, 9.17) is 0 Å². The molecule has 92 valence electrons. The maximum Gasteiger partial charge on any atom is 0.246 e. The van der Waals surface area contributed by atoms with Crippen molar-refractivity contribution in [1.82, 2.24) is 10.2 Å². The predicted molar refractivity (Wildman–Crippen MR) is 62.9 cm³/mol. The molecule has 1 rings (SSSR count). The number of nitrogens with one attached hydrogen (secondary N) is 1. The molecule has 0 aromatic rings. The number of rotatable bonds is 2. The average molecular weight is 226 g/mol. The fraction of sp³-hybridized carbons (Fsp3) is 0.833. The van der Waals surface area contributed by atoms with Crippen LogP contribution in [0.25, 0.3) is 0 Å². The first kappa shape index (κ1) is 13.0. The van der Waals surface area contributed by atoms with Gasteiger partial charge in [-0.1, -0.05) is 13.8 Å². The van der Waals surface area contributed by atoms with Crippen LogP contribution in [0.2, 0.25) is 0 Å². The summed E-state index contributed by atoms with van der Waals surface area (Å²) in [5.74, 6) is 0.0188. The molecule has 2 amide bonds. The Kier molecular flexibility index (Phi) is 3.61. The lowest BCUT2D eigenvalue weighted by Gasteiger charge is -2.46. The lowest BCUT2D eigenvalue weighted by atomic mass is 9.95. The lowest BCUT2D eigenvalue weighted by molar-refractivity contribution is -0.155. The Labute approximate surface area is 97.4 Å². The zero-order valence-electron chi connectivity index (χ0n) is 10.8. The van der Waals surface area contributed by atoms with Gasteiger partial charge < -0.3 is 10.2 Å². The van der Waals surface area contributed by atoms with Crippen molar-refractivity contribution < 1.29 is 9.59 Å². The van der Waals surface area contributed by atoms with Gasteiger partial charge >= 0.3 is 0 Å². The summed E-state index contributed by atoms with van der Waals surface area (Å²) in [6.07, 6.45) is 1.30. The molecule has 0 radical (unpaired) electrons. The van der Waals surface area contributed by atoms with E-state index in [1.165, 1.54) is 0 Å². The predicted octanol–water partition coefficient (Wildman–Crippen LogP) is 1.30. The molecule has 0 bridgehead atoms. The van der Waals surface area contributed by atoms with Crippen molar-refractivity contribution in [2.45, 2.75) is 65.1 Å². The third-order valence-electron chi connectivity index (χ3n) is 2.98. The highest BCUT2D eigenvalue weighted by Gasteiger charge is 2.43. The summed E-state index contributed by atoms with van der Waals surface area (Å²) in [6.45, 7) is 9.76. The van der Waals surface area contributed by atoms with Crippen molar-refractivity contribution in [2.24, 2.45) is 0 Å². The fourth-order valence-corrected chi connectivity index (χ4v) is 2.21. The SMILES string of the molecule is CCC1NC(=O)C(CC)N(C(C)(C)C)C1=O. The monoisotopic (exact) mass is 226 g/mol. The van der Waals surface area contributed by atoms with E-state index in [9.17, 15) is 9.59 Å². The third kappa shape index (κ3) is 2.20. The van der Waals surface area contributed by atoms with E-state index in [1.54, 1.807) is 4.90 Å². The molecule has 16 heavy (non-hydrogen) atoms. The van der Waals surface area contributed by atoms with Gasteiger partial charge in [0, 0.05) is 5.54 Å². The number of amides is 2. The first-order valence-electron chi connectivity index (χ1n) is 5.96. The van der Waals surface area contributed by atoms with Crippen LogP contribution in [0, 0.1) is 0 Å². The second-order valence-electron chi connectivity index (χ2n) is 5.27. The summed E-state index contributed by atoms with van der Waals surface area (Å²) in [7, 11) is 0. The summed E-state index contributed by atoms with van der Waals surface area (Å²) in [5, 5.41) is 2.79. The molecule has 0 aliphatic carbocycles. The highest BCUT2D eigenvalue weighted by atomic mass is 16.2. The molecule has 1 N–H and O–H groups in total. The molecule has 0 aromatic heterocycles. The quantitative estimate of drug-likeness (QED) is 0.771. The molecule has 1 saturated heterocycles. The van der Waals surface area contributed by atoms with Crippen LogP contribution < -0.4 is 5.32 Å². The molecular formula is C12H22N2O2. The summed E-state index contributed by atoms with van der Waals surface area (Å²) < 4.78 is 0. The molecule has 2 unspecified atom stereocenters. The van der Waals surface area contributed by atoms with Gasteiger partial charge in [-0.25, -0.2) is 0 Å².